The first-order valence-corrected chi connectivity index (χ1v) is 14.0. The number of alkyl carbamates (subject to hydrolysis) is 1. The standard InChI is InChI=1S/C21H34N3O15P/c25-11(5-4-6-14(28)38-24-12(26)7-8-13(24)27)22-9-2-1-3-10-23-21(33)37-19-16(30)15(29)17(31)20(18(19)32)39-40(34,35)36/h15-20,29-32H,1-10H2,(H,22,25)(H,23,33)(H2,34,35,36)/t15-,16-,17+,18+,19+,20-/m0/s1. The highest BCUT2D eigenvalue weighted by Gasteiger charge is 2.53. The van der Waals surface area contributed by atoms with Crippen LogP contribution >= 0.6 is 7.82 Å². The number of amides is 4. The lowest BCUT2D eigenvalue weighted by Gasteiger charge is -2.42. The van der Waals surface area contributed by atoms with E-state index >= 15 is 0 Å². The van der Waals surface area contributed by atoms with E-state index in [2.05, 4.69) is 15.2 Å². The molecule has 19 heteroatoms. The summed E-state index contributed by atoms with van der Waals surface area (Å²) in [5.74, 6) is -2.29. The van der Waals surface area contributed by atoms with Gasteiger partial charge in [-0.2, -0.15) is 0 Å². The van der Waals surface area contributed by atoms with Crippen LogP contribution in [0.5, 0.6) is 0 Å². The highest BCUT2D eigenvalue weighted by atomic mass is 31.2. The van der Waals surface area contributed by atoms with E-state index in [4.69, 9.17) is 19.4 Å². The Bertz CT molecular complexity index is 959. The first kappa shape index (κ1) is 33.5. The van der Waals surface area contributed by atoms with Crippen molar-refractivity contribution < 1.29 is 72.8 Å². The highest BCUT2D eigenvalue weighted by Crippen LogP contribution is 2.41. The fourth-order valence-corrected chi connectivity index (χ4v) is 4.47. The Morgan fingerprint density at radius 3 is 1.98 bits per heavy atom. The van der Waals surface area contributed by atoms with Crippen molar-refractivity contribution in [1.82, 2.24) is 15.7 Å². The fraction of sp³-hybridized carbons (Fsp3) is 0.762. The van der Waals surface area contributed by atoms with Crippen molar-refractivity contribution in [2.45, 2.75) is 88.0 Å². The van der Waals surface area contributed by atoms with Crippen LogP contribution < -0.4 is 10.6 Å². The average Bonchev–Trinajstić information content (AvgIpc) is 3.19. The molecule has 2 aliphatic rings. The molecule has 18 nitrogen and oxygen atoms in total. The number of aliphatic hydroxyl groups is 4. The van der Waals surface area contributed by atoms with Crippen molar-refractivity contribution in [1.29, 1.82) is 0 Å². The number of phosphoric ester groups is 1. The SMILES string of the molecule is O=C(CCCC(=O)ON1C(=O)CCC1=O)NCCCCCNC(=O)O[C@H]1[C@@H](O)[C@@H](OP(=O)(O)O)[C@H](O)[C@@H](O)[C@@H]1O. The van der Waals surface area contributed by atoms with E-state index in [9.17, 15) is 49.0 Å². The maximum atomic E-state index is 12.0. The van der Waals surface area contributed by atoms with Crippen LogP contribution in [-0.2, 0) is 37.8 Å². The molecule has 8 N–H and O–H groups in total. The molecule has 0 radical (unpaired) electrons. The van der Waals surface area contributed by atoms with Crippen LogP contribution in [0.2, 0.25) is 0 Å². The van der Waals surface area contributed by atoms with Gasteiger partial charge in [0.25, 0.3) is 11.8 Å². The molecule has 0 aromatic rings. The average molecular weight is 599 g/mol. The molecule has 0 aromatic carbocycles. The molecular weight excluding hydrogens is 565 g/mol. The second kappa shape index (κ2) is 15.3. The van der Waals surface area contributed by atoms with Gasteiger partial charge in [0.15, 0.2) is 6.10 Å². The number of aliphatic hydroxyl groups excluding tert-OH is 4. The zero-order chi connectivity index (χ0) is 30.0. The maximum Gasteiger partial charge on any atom is 0.470 e. The Morgan fingerprint density at radius 2 is 1.38 bits per heavy atom. The molecule has 4 amide bonds. The minimum Gasteiger partial charge on any atom is -0.440 e. The molecule has 1 heterocycles. The first-order chi connectivity index (χ1) is 18.7. The second-order valence-electron chi connectivity index (χ2n) is 9.13. The van der Waals surface area contributed by atoms with Crippen LogP contribution in [0.3, 0.4) is 0 Å². The number of carbonyl (C=O) groups excluding carboxylic acids is 5. The minimum absolute atomic E-state index is 0.0135. The van der Waals surface area contributed by atoms with Crippen LogP contribution in [0.25, 0.3) is 0 Å². The molecule has 0 unspecified atom stereocenters. The summed E-state index contributed by atoms with van der Waals surface area (Å²) in [6.45, 7) is 0.398. The number of nitrogens with zero attached hydrogens (tertiary/aromatic N) is 1. The largest absolute Gasteiger partial charge is 0.470 e. The van der Waals surface area contributed by atoms with Crippen molar-refractivity contribution in [3.05, 3.63) is 0 Å². The van der Waals surface area contributed by atoms with E-state index in [-0.39, 0.29) is 44.6 Å². The number of hydrogen-bond donors (Lipinski definition) is 8. The molecule has 1 saturated carbocycles. The van der Waals surface area contributed by atoms with Crippen LogP contribution in [0, 0.1) is 0 Å². The Balaban J connectivity index is 1.57. The number of carbonyl (C=O) groups is 5. The molecule has 6 atom stereocenters. The second-order valence-corrected chi connectivity index (χ2v) is 10.3. The Labute approximate surface area is 227 Å². The van der Waals surface area contributed by atoms with Crippen LogP contribution in [-0.4, -0.2) is 115 Å². The number of hydrogen-bond acceptors (Lipinski definition) is 13. The van der Waals surface area contributed by atoms with E-state index in [0.29, 0.717) is 30.9 Å². The van der Waals surface area contributed by atoms with E-state index in [1.165, 1.54) is 0 Å². The number of nitrogens with one attached hydrogen (secondary N) is 2. The summed E-state index contributed by atoms with van der Waals surface area (Å²) in [5.41, 5.74) is 0. The van der Waals surface area contributed by atoms with Crippen molar-refractivity contribution in [2.24, 2.45) is 0 Å². The van der Waals surface area contributed by atoms with E-state index in [1.54, 1.807) is 0 Å². The third kappa shape index (κ3) is 10.4. The molecule has 2 rings (SSSR count). The summed E-state index contributed by atoms with van der Waals surface area (Å²) in [7, 11) is -5.21. The molecule has 0 bridgehead atoms. The Morgan fingerprint density at radius 1 is 0.800 bits per heavy atom. The monoisotopic (exact) mass is 599 g/mol. The van der Waals surface area contributed by atoms with E-state index < -0.39 is 68.3 Å². The number of rotatable bonds is 14. The summed E-state index contributed by atoms with van der Waals surface area (Å²) < 4.78 is 20.2. The molecule has 1 aliphatic heterocycles. The molecule has 0 aromatic heterocycles. The quantitative estimate of drug-likeness (QED) is 0.0564. The maximum absolute atomic E-state index is 12.0. The lowest BCUT2D eigenvalue weighted by Crippen LogP contribution is -2.65. The zero-order valence-electron chi connectivity index (χ0n) is 21.3. The van der Waals surface area contributed by atoms with Gasteiger partial charge >= 0.3 is 19.9 Å². The lowest BCUT2D eigenvalue weighted by molar-refractivity contribution is -0.219. The first-order valence-electron chi connectivity index (χ1n) is 12.4. The van der Waals surface area contributed by atoms with Gasteiger partial charge in [-0.3, -0.25) is 18.9 Å². The topological polar surface area (TPSA) is 279 Å². The molecule has 2 fully saturated rings. The number of ether oxygens (including phenoxy) is 1. The van der Waals surface area contributed by atoms with Gasteiger partial charge in [0.1, 0.15) is 30.5 Å². The van der Waals surface area contributed by atoms with Gasteiger partial charge < -0.3 is 50.4 Å². The fourth-order valence-electron chi connectivity index (χ4n) is 3.90. The predicted octanol–water partition coefficient (Wildman–Crippen LogP) is -2.92. The molecular formula is C21H34N3O15P. The predicted molar refractivity (Wildman–Crippen MR) is 127 cm³/mol. The van der Waals surface area contributed by atoms with Gasteiger partial charge in [-0.05, 0) is 25.7 Å². The molecule has 228 valence electrons. The van der Waals surface area contributed by atoms with E-state index in [0.717, 1.165) is 0 Å². The van der Waals surface area contributed by atoms with Gasteiger partial charge in [-0.25, -0.2) is 14.2 Å². The number of hydroxylamine groups is 2. The Kier molecular flexibility index (Phi) is 12.9. The summed E-state index contributed by atoms with van der Waals surface area (Å²) in [6, 6.07) is 0. The van der Waals surface area contributed by atoms with Gasteiger partial charge in [0.2, 0.25) is 5.91 Å². The van der Waals surface area contributed by atoms with Crippen LogP contribution in [0.15, 0.2) is 0 Å². The smallest absolute Gasteiger partial charge is 0.440 e. The number of phosphoric acid groups is 1. The molecule has 40 heavy (non-hydrogen) atoms. The van der Waals surface area contributed by atoms with E-state index in [1.807, 2.05) is 0 Å². The van der Waals surface area contributed by atoms with Crippen molar-refractivity contribution in [3.8, 4) is 0 Å². The molecule has 1 aliphatic carbocycles. The number of imide groups is 1. The lowest BCUT2D eigenvalue weighted by atomic mass is 9.85. The van der Waals surface area contributed by atoms with Crippen molar-refractivity contribution in [2.75, 3.05) is 13.1 Å². The third-order valence-electron chi connectivity index (χ3n) is 5.98. The van der Waals surface area contributed by atoms with Crippen LogP contribution in [0.4, 0.5) is 4.79 Å². The summed E-state index contributed by atoms with van der Waals surface area (Å²) >= 11 is 0. The highest BCUT2D eigenvalue weighted by molar-refractivity contribution is 7.46. The molecule has 0 spiro atoms. The minimum atomic E-state index is -5.21. The number of unbranched alkanes of at least 4 members (excludes halogenated alkanes) is 2. The van der Waals surface area contributed by atoms with Gasteiger partial charge in [-0.15, -0.1) is 5.06 Å². The van der Waals surface area contributed by atoms with Crippen molar-refractivity contribution in [3.63, 3.8) is 0 Å². The van der Waals surface area contributed by atoms with Crippen molar-refractivity contribution >= 4 is 37.6 Å². The normalized spacial score (nSPS) is 26.9. The van der Waals surface area contributed by atoms with Gasteiger partial charge in [0, 0.05) is 38.8 Å². The summed E-state index contributed by atoms with van der Waals surface area (Å²) in [4.78, 5) is 80.9. The summed E-state index contributed by atoms with van der Waals surface area (Å²) in [5, 5.41) is 45.3. The van der Waals surface area contributed by atoms with Gasteiger partial charge in [-0.1, -0.05) is 0 Å². The summed E-state index contributed by atoms with van der Waals surface area (Å²) in [6.07, 6.45) is -11.7. The van der Waals surface area contributed by atoms with Gasteiger partial charge in [0.05, 0.1) is 0 Å². The Hall–Kier alpha value is -2.70. The zero-order valence-corrected chi connectivity index (χ0v) is 22.2. The molecule has 1 saturated heterocycles. The van der Waals surface area contributed by atoms with Crippen LogP contribution in [0.1, 0.15) is 51.4 Å². The third-order valence-corrected chi connectivity index (χ3v) is 6.50.